The fourth-order valence-electron chi connectivity index (χ4n) is 1.58. The molecule has 1 radical (unpaired) electrons. The van der Waals surface area contributed by atoms with Crippen molar-refractivity contribution >= 4 is 20.6 Å². The molecule has 2 aromatic carbocycles. The second-order valence-electron chi connectivity index (χ2n) is 3.57. The second kappa shape index (κ2) is 3.66. The van der Waals surface area contributed by atoms with Crippen molar-refractivity contribution in [3.05, 3.63) is 54.3 Å². The number of fused-ring (bicyclic) bond motifs is 1. The summed E-state index contributed by atoms with van der Waals surface area (Å²) in [5.74, 6) is -0.00215. The number of hydrogen-bond acceptors (Lipinski definition) is 2. The molecule has 0 aliphatic carbocycles. The Hall–Kier alpha value is -1.35. The van der Waals surface area contributed by atoms with E-state index in [0.717, 1.165) is 16.3 Å². The SMILES string of the molecule is [CH2]S(=O)(=O)Cc1ccc2ccccc2c1. The van der Waals surface area contributed by atoms with Gasteiger partial charge in [0.05, 0.1) is 12.0 Å². The van der Waals surface area contributed by atoms with Crippen LogP contribution in [-0.2, 0) is 15.6 Å². The molecule has 0 aliphatic heterocycles. The summed E-state index contributed by atoms with van der Waals surface area (Å²) in [6, 6.07) is 13.5. The van der Waals surface area contributed by atoms with Gasteiger partial charge >= 0.3 is 0 Å². The predicted molar refractivity (Wildman–Crippen MR) is 61.9 cm³/mol. The molecular weight excluding hydrogens is 208 g/mol. The van der Waals surface area contributed by atoms with Gasteiger partial charge in [-0.05, 0) is 16.3 Å². The molecule has 0 atom stereocenters. The molecule has 0 bridgehead atoms. The fourth-order valence-corrected chi connectivity index (χ4v) is 2.27. The highest BCUT2D eigenvalue weighted by molar-refractivity contribution is 7.91. The molecule has 0 saturated carbocycles. The number of benzene rings is 2. The van der Waals surface area contributed by atoms with Crippen LogP contribution in [0.4, 0.5) is 0 Å². The second-order valence-corrected chi connectivity index (χ2v) is 5.35. The molecule has 0 fully saturated rings. The van der Waals surface area contributed by atoms with Gasteiger partial charge in [-0.3, -0.25) is 0 Å². The first-order valence-corrected chi connectivity index (χ1v) is 6.40. The Labute approximate surface area is 89.5 Å². The summed E-state index contributed by atoms with van der Waals surface area (Å²) in [5, 5.41) is 2.17. The van der Waals surface area contributed by atoms with Crippen LogP contribution in [0.15, 0.2) is 42.5 Å². The van der Waals surface area contributed by atoms with Crippen molar-refractivity contribution in [1.29, 1.82) is 0 Å². The quantitative estimate of drug-likeness (QED) is 0.777. The smallest absolute Gasteiger partial charge is 0.155 e. The van der Waals surface area contributed by atoms with E-state index in [1.54, 1.807) is 0 Å². The average Bonchev–Trinajstić information content (AvgIpc) is 2.15. The molecule has 0 saturated heterocycles. The van der Waals surface area contributed by atoms with Crippen molar-refractivity contribution in [2.24, 2.45) is 0 Å². The molecule has 0 aromatic heterocycles. The van der Waals surface area contributed by atoms with Crippen LogP contribution in [-0.4, -0.2) is 8.42 Å². The zero-order valence-corrected chi connectivity index (χ0v) is 9.00. The monoisotopic (exact) mass is 219 g/mol. The molecule has 2 rings (SSSR count). The third-order valence-corrected chi connectivity index (χ3v) is 2.97. The van der Waals surface area contributed by atoms with Crippen LogP contribution in [0.2, 0.25) is 0 Å². The maximum atomic E-state index is 11.0. The third-order valence-electron chi connectivity index (χ3n) is 2.20. The summed E-state index contributed by atoms with van der Waals surface area (Å²) in [4.78, 5) is 0. The molecule has 2 aromatic rings. The van der Waals surface area contributed by atoms with Crippen LogP contribution < -0.4 is 0 Å². The van der Waals surface area contributed by atoms with Gasteiger partial charge in [-0.15, -0.1) is 0 Å². The molecule has 3 heteroatoms. The summed E-state index contributed by atoms with van der Waals surface area (Å²) < 4.78 is 22.1. The van der Waals surface area contributed by atoms with Crippen molar-refractivity contribution in [3.8, 4) is 0 Å². The topological polar surface area (TPSA) is 34.1 Å². The van der Waals surface area contributed by atoms with Crippen molar-refractivity contribution in [3.63, 3.8) is 0 Å². The van der Waals surface area contributed by atoms with Crippen LogP contribution in [0.3, 0.4) is 0 Å². The molecule has 0 aliphatic rings. The van der Waals surface area contributed by atoms with Crippen LogP contribution in [0, 0.1) is 6.26 Å². The maximum Gasteiger partial charge on any atom is 0.155 e. The minimum atomic E-state index is -3.20. The summed E-state index contributed by atoms with van der Waals surface area (Å²) in [5.41, 5.74) is 0.781. The zero-order valence-electron chi connectivity index (χ0n) is 8.18. The van der Waals surface area contributed by atoms with Crippen molar-refractivity contribution in [2.75, 3.05) is 0 Å². The first-order chi connectivity index (χ1) is 7.04. The van der Waals surface area contributed by atoms with E-state index in [-0.39, 0.29) is 5.75 Å². The van der Waals surface area contributed by atoms with E-state index in [1.165, 1.54) is 0 Å². The molecule has 77 valence electrons. The van der Waals surface area contributed by atoms with Crippen LogP contribution in [0.5, 0.6) is 0 Å². The van der Waals surface area contributed by atoms with Crippen LogP contribution in [0.25, 0.3) is 10.8 Å². The molecule has 0 N–H and O–H groups in total. The van der Waals surface area contributed by atoms with Gasteiger partial charge in [0, 0.05) is 0 Å². The molecule has 15 heavy (non-hydrogen) atoms. The molecule has 0 unspecified atom stereocenters. The Balaban J connectivity index is 2.48. The lowest BCUT2D eigenvalue weighted by molar-refractivity contribution is 0.603. The van der Waals surface area contributed by atoms with E-state index in [2.05, 4.69) is 6.26 Å². The third kappa shape index (κ3) is 2.57. The van der Waals surface area contributed by atoms with Crippen molar-refractivity contribution < 1.29 is 8.42 Å². The number of sulfone groups is 1. The lowest BCUT2D eigenvalue weighted by atomic mass is 10.1. The van der Waals surface area contributed by atoms with Gasteiger partial charge < -0.3 is 0 Å². The van der Waals surface area contributed by atoms with E-state index >= 15 is 0 Å². The van der Waals surface area contributed by atoms with Gasteiger partial charge in [-0.25, -0.2) is 8.42 Å². The first kappa shape index (κ1) is 10.2. The minimum Gasteiger partial charge on any atom is -0.228 e. The Bertz CT molecular complexity index is 585. The minimum absolute atomic E-state index is 0.00215. The number of rotatable bonds is 2. The molecule has 2 nitrogen and oxygen atoms in total. The summed E-state index contributed by atoms with van der Waals surface area (Å²) in [7, 11) is -3.20. The lowest BCUT2D eigenvalue weighted by Gasteiger charge is -2.02. The molecule has 0 spiro atoms. The highest BCUT2D eigenvalue weighted by atomic mass is 32.2. The fraction of sp³-hybridized carbons (Fsp3) is 0.0833. The highest BCUT2D eigenvalue weighted by Gasteiger charge is 2.04. The van der Waals surface area contributed by atoms with E-state index in [1.807, 2.05) is 42.5 Å². The van der Waals surface area contributed by atoms with Gasteiger partial charge in [0.25, 0.3) is 0 Å². The Kier molecular flexibility index (Phi) is 2.49. The summed E-state index contributed by atoms with van der Waals surface area (Å²) in [6.45, 7) is 0. The van der Waals surface area contributed by atoms with Gasteiger partial charge in [-0.2, -0.15) is 0 Å². The van der Waals surface area contributed by atoms with Crippen LogP contribution in [0.1, 0.15) is 5.56 Å². The van der Waals surface area contributed by atoms with E-state index in [0.29, 0.717) is 0 Å². The lowest BCUT2D eigenvalue weighted by Crippen LogP contribution is -1.97. The largest absolute Gasteiger partial charge is 0.228 e. The van der Waals surface area contributed by atoms with Gasteiger partial charge in [-0.1, -0.05) is 42.5 Å². The summed E-state index contributed by atoms with van der Waals surface area (Å²) in [6.07, 6.45) is 3.12. The average molecular weight is 219 g/mol. The van der Waals surface area contributed by atoms with E-state index in [9.17, 15) is 8.42 Å². The van der Waals surface area contributed by atoms with Gasteiger partial charge in [0.15, 0.2) is 9.84 Å². The molecular formula is C12H11O2S. The molecule has 0 amide bonds. The van der Waals surface area contributed by atoms with E-state index in [4.69, 9.17) is 0 Å². The van der Waals surface area contributed by atoms with Crippen molar-refractivity contribution in [2.45, 2.75) is 5.75 Å². The Morgan fingerprint density at radius 1 is 1.00 bits per heavy atom. The maximum absolute atomic E-state index is 11.0. The normalized spacial score (nSPS) is 11.8. The highest BCUT2D eigenvalue weighted by Crippen LogP contribution is 2.17. The predicted octanol–water partition coefficient (Wildman–Crippen LogP) is 2.55. The zero-order chi connectivity index (χ0) is 10.9. The summed E-state index contributed by atoms with van der Waals surface area (Å²) >= 11 is 0. The first-order valence-electron chi connectivity index (χ1n) is 4.58. The van der Waals surface area contributed by atoms with Gasteiger partial charge in [0.1, 0.15) is 0 Å². The van der Waals surface area contributed by atoms with Crippen LogP contribution >= 0.6 is 0 Å². The molecule has 0 heterocycles. The number of hydrogen-bond donors (Lipinski definition) is 0. The van der Waals surface area contributed by atoms with Gasteiger partial charge in [0.2, 0.25) is 0 Å². The standard InChI is InChI=1S/C12H11O2S/c1-15(13,14)9-10-6-7-11-4-2-3-5-12(11)8-10/h2-8H,1,9H2. The van der Waals surface area contributed by atoms with E-state index < -0.39 is 9.84 Å². The Morgan fingerprint density at radius 3 is 2.33 bits per heavy atom. The Morgan fingerprint density at radius 2 is 1.67 bits per heavy atom. The van der Waals surface area contributed by atoms with Crippen molar-refractivity contribution in [1.82, 2.24) is 0 Å².